The number of fused-ring (bicyclic) bond motifs is 1. The van der Waals surface area contributed by atoms with Gasteiger partial charge in [0.2, 0.25) is 0 Å². The number of hydrogen-bond donors (Lipinski definition) is 1. The summed E-state index contributed by atoms with van der Waals surface area (Å²) in [4.78, 5) is 18.5. The monoisotopic (exact) mass is 398 g/mol. The van der Waals surface area contributed by atoms with Crippen LogP contribution in [0.25, 0.3) is 10.9 Å². The van der Waals surface area contributed by atoms with Crippen molar-refractivity contribution in [2.45, 2.75) is 19.9 Å². The average Bonchev–Trinajstić information content (AvgIpc) is 3.21. The van der Waals surface area contributed by atoms with Crippen molar-refractivity contribution in [2.24, 2.45) is 0 Å². The normalized spacial score (nSPS) is 11.9. The van der Waals surface area contributed by atoms with Crippen LogP contribution in [-0.2, 0) is 4.79 Å². The smallest absolute Gasteiger partial charge is 0.261 e. The summed E-state index contributed by atoms with van der Waals surface area (Å²) in [6, 6.07) is 25.9. The summed E-state index contributed by atoms with van der Waals surface area (Å²) in [7, 11) is 0. The van der Waals surface area contributed by atoms with Gasteiger partial charge in [0.05, 0.1) is 6.04 Å². The van der Waals surface area contributed by atoms with Crippen molar-refractivity contribution in [3.05, 3.63) is 102 Å². The third kappa shape index (κ3) is 4.08. The first-order valence-corrected chi connectivity index (χ1v) is 10.3. The van der Waals surface area contributed by atoms with Crippen molar-refractivity contribution in [3.8, 4) is 5.75 Å². The van der Waals surface area contributed by atoms with Gasteiger partial charge in [0, 0.05) is 29.2 Å². The lowest BCUT2D eigenvalue weighted by atomic mass is 9.95. The van der Waals surface area contributed by atoms with Crippen LogP contribution in [-0.4, -0.2) is 28.9 Å². The quantitative estimate of drug-likeness (QED) is 0.447. The first kappa shape index (κ1) is 19.8. The van der Waals surface area contributed by atoms with Crippen molar-refractivity contribution in [1.29, 1.82) is 0 Å². The van der Waals surface area contributed by atoms with Gasteiger partial charge in [-0.1, -0.05) is 66.2 Å². The number of amides is 1. The molecule has 0 aliphatic heterocycles. The molecule has 0 aliphatic carbocycles. The van der Waals surface area contributed by atoms with Crippen LogP contribution < -0.4 is 4.74 Å². The van der Waals surface area contributed by atoms with Crippen molar-refractivity contribution >= 4 is 16.8 Å². The number of aromatic amines is 1. The summed E-state index contributed by atoms with van der Waals surface area (Å²) in [5, 5.41) is 1.12. The molecule has 4 heteroatoms. The Labute approximate surface area is 177 Å². The molecule has 1 atom stereocenters. The Morgan fingerprint density at radius 2 is 1.67 bits per heavy atom. The van der Waals surface area contributed by atoms with Gasteiger partial charge in [-0.2, -0.15) is 0 Å². The fourth-order valence-electron chi connectivity index (χ4n) is 3.84. The molecular weight excluding hydrogens is 372 g/mol. The second kappa shape index (κ2) is 8.87. The summed E-state index contributed by atoms with van der Waals surface area (Å²) in [5.74, 6) is 0.651. The minimum Gasteiger partial charge on any atom is -0.484 e. The Bertz CT molecular complexity index is 1120. The maximum atomic E-state index is 13.3. The van der Waals surface area contributed by atoms with E-state index in [0.29, 0.717) is 12.3 Å². The summed E-state index contributed by atoms with van der Waals surface area (Å²) in [6.07, 6.45) is 2.02. The highest BCUT2D eigenvalue weighted by Gasteiger charge is 2.28. The highest BCUT2D eigenvalue weighted by Crippen LogP contribution is 2.34. The highest BCUT2D eigenvalue weighted by atomic mass is 16.5. The lowest BCUT2D eigenvalue weighted by Gasteiger charge is -2.31. The molecule has 1 heterocycles. The number of likely N-dealkylation sites (N-methyl/N-ethyl adjacent to an activating group) is 1. The maximum absolute atomic E-state index is 13.3. The first-order chi connectivity index (χ1) is 14.7. The molecule has 0 saturated carbocycles. The van der Waals surface area contributed by atoms with E-state index < -0.39 is 0 Å². The third-order valence-corrected chi connectivity index (χ3v) is 5.39. The van der Waals surface area contributed by atoms with Crippen LogP contribution in [0, 0.1) is 6.92 Å². The molecule has 4 rings (SSSR count). The SMILES string of the molecule is CCN(C(=O)COc1ccccc1)C(c1ccc(C)cc1)c1c[nH]c2ccccc12. The molecule has 1 unspecified atom stereocenters. The maximum Gasteiger partial charge on any atom is 0.261 e. The van der Waals surface area contributed by atoms with E-state index in [1.807, 2.05) is 60.5 Å². The molecule has 0 spiro atoms. The summed E-state index contributed by atoms with van der Waals surface area (Å²) < 4.78 is 5.76. The largest absolute Gasteiger partial charge is 0.484 e. The lowest BCUT2D eigenvalue weighted by molar-refractivity contribution is -0.134. The molecule has 152 valence electrons. The molecule has 0 fully saturated rings. The number of nitrogens with one attached hydrogen (secondary N) is 1. The van der Waals surface area contributed by atoms with Crippen LogP contribution in [0.3, 0.4) is 0 Å². The second-order valence-electron chi connectivity index (χ2n) is 7.38. The Morgan fingerprint density at radius 3 is 2.40 bits per heavy atom. The highest BCUT2D eigenvalue weighted by molar-refractivity contribution is 5.86. The number of hydrogen-bond acceptors (Lipinski definition) is 2. The molecule has 1 amide bonds. The van der Waals surface area contributed by atoms with E-state index in [1.54, 1.807) is 0 Å². The number of benzene rings is 3. The zero-order valence-corrected chi connectivity index (χ0v) is 17.3. The third-order valence-electron chi connectivity index (χ3n) is 5.39. The summed E-state index contributed by atoms with van der Waals surface area (Å²) in [5.41, 5.74) is 4.43. The van der Waals surface area contributed by atoms with E-state index in [4.69, 9.17) is 4.74 Å². The van der Waals surface area contributed by atoms with Gasteiger partial charge in [0.15, 0.2) is 6.61 Å². The van der Waals surface area contributed by atoms with Crippen LogP contribution in [0.5, 0.6) is 5.75 Å². The number of aryl methyl sites for hydroxylation is 1. The molecule has 30 heavy (non-hydrogen) atoms. The van der Waals surface area contributed by atoms with Crippen LogP contribution in [0.4, 0.5) is 0 Å². The Balaban J connectivity index is 1.70. The average molecular weight is 399 g/mol. The molecule has 0 aliphatic rings. The molecule has 3 aromatic carbocycles. The van der Waals surface area contributed by atoms with Gasteiger partial charge in [-0.3, -0.25) is 4.79 Å². The molecule has 1 N–H and O–H groups in total. The van der Waals surface area contributed by atoms with Crippen molar-refractivity contribution in [2.75, 3.05) is 13.2 Å². The topological polar surface area (TPSA) is 45.3 Å². The van der Waals surface area contributed by atoms with Gasteiger partial charge in [0.25, 0.3) is 5.91 Å². The number of nitrogens with zero attached hydrogens (tertiary/aromatic N) is 1. The molecular formula is C26H26N2O2. The van der Waals surface area contributed by atoms with Crippen LogP contribution in [0.15, 0.2) is 85.1 Å². The molecule has 0 saturated heterocycles. The van der Waals surface area contributed by atoms with E-state index in [9.17, 15) is 4.79 Å². The van der Waals surface area contributed by atoms with Gasteiger partial charge in [-0.25, -0.2) is 0 Å². The van der Waals surface area contributed by atoms with Gasteiger partial charge in [-0.15, -0.1) is 0 Å². The van der Waals surface area contributed by atoms with Gasteiger partial charge < -0.3 is 14.6 Å². The van der Waals surface area contributed by atoms with E-state index in [1.165, 1.54) is 5.56 Å². The van der Waals surface area contributed by atoms with E-state index >= 15 is 0 Å². The van der Waals surface area contributed by atoms with Crippen LogP contribution >= 0.6 is 0 Å². The Kier molecular flexibility index (Phi) is 5.84. The summed E-state index contributed by atoms with van der Waals surface area (Å²) >= 11 is 0. The fraction of sp³-hybridized carbons (Fsp3) is 0.192. The number of rotatable bonds is 7. The fourth-order valence-corrected chi connectivity index (χ4v) is 3.84. The zero-order chi connectivity index (χ0) is 20.9. The number of carbonyl (C=O) groups is 1. The van der Waals surface area contributed by atoms with E-state index in [0.717, 1.165) is 22.0 Å². The van der Waals surface area contributed by atoms with Gasteiger partial charge in [0.1, 0.15) is 5.75 Å². The first-order valence-electron chi connectivity index (χ1n) is 10.3. The number of carbonyl (C=O) groups excluding carboxylic acids is 1. The number of para-hydroxylation sites is 2. The zero-order valence-electron chi connectivity index (χ0n) is 17.3. The van der Waals surface area contributed by atoms with Gasteiger partial charge in [-0.05, 0) is 37.6 Å². The second-order valence-corrected chi connectivity index (χ2v) is 7.38. The molecule has 1 aromatic heterocycles. The number of aromatic nitrogens is 1. The minimum absolute atomic E-state index is 0.00255. The predicted molar refractivity (Wildman–Crippen MR) is 121 cm³/mol. The van der Waals surface area contributed by atoms with E-state index in [-0.39, 0.29) is 18.6 Å². The molecule has 4 nitrogen and oxygen atoms in total. The number of ether oxygens (including phenoxy) is 1. The van der Waals surface area contributed by atoms with E-state index in [2.05, 4.69) is 48.3 Å². The van der Waals surface area contributed by atoms with Crippen molar-refractivity contribution < 1.29 is 9.53 Å². The minimum atomic E-state index is -0.196. The Hall–Kier alpha value is -3.53. The molecule has 4 aromatic rings. The Morgan fingerprint density at radius 1 is 0.967 bits per heavy atom. The van der Waals surface area contributed by atoms with Crippen molar-refractivity contribution in [3.63, 3.8) is 0 Å². The molecule has 0 bridgehead atoms. The standard InChI is InChI=1S/C26H26N2O2/c1-3-28(25(29)18-30-21-9-5-4-6-10-21)26(20-15-13-19(2)14-16-20)23-17-27-24-12-8-7-11-22(23)24/h4-17,26-27H,3,18H2,1-2H3. The van der Waals surface area contributed by atoms with Crippen LogP contribution in [0.1, 0.15) is 29.7 Å². The lowest BCUT2D eigenvalue weighted by Crippen LogP contribution is -2.38. The van der Waals surface area contributed by atoms with Gasteiger partial charge >= 0.3 is 0 Å². The van der Waals surface area contributed by atoms with Crippen molar-refractivity contribution in [1.82, 2.24) is 9.88 Å². The predicted octanol–water partition coefficient (Wildman–Crippen LogP) is 5.49. The summed E-state index contributed by atoms with van der Waals surface area (Å²) in [6.45, 7) is 4.66. The van der Waals surface area contributed by atoms with Crippen LogP contribution in [0.2, 0.25) is 0 Å². The number of H-pyrrole nitrogens is 1. The molecule has 0 radical (unpaired) electrons.